The largest absolute Gasteiger partial charge is 0.338 e. The normalized spacial score (nSPS) is 16.2. The molecule has 1 aliphatic heterocycles. The minimum atomic E-state index is -0.330. The Bertz CT molecular complexity index is 957. The first kappa shape index (κ1) is 21.7. The number of hydrogen-bond acceptors (Lipinski definition) is 3. The van der Waals surface area contributed by atoms with E-state index in [4.69, 9.17) is 0 Å². The number of aryl methyl sites for hydroxylation is 1. The molecule has 2 aromatic carbocycles. The fourth-order valence-electron chi connectivity index (χ4n) is 3.95. The number of anilines is 1. The van der Waals surface area contributed by atoms with Gasteiger partial charge in [0.05, 0.1) is 5.56 Å². The summed E-state index contributed by atoms with van der Waals surface area (Å²) in [7, 11) is 0. The number of amides is 2. The van der Waals surface area contributed by atoms with E-state index >= 15 is 0 Å². The van der Waals surface area contributed by atoms with Crippen LogP contribution in [0.2, 0.25) is 0 Å². The van der Waals surface area contributed by atoms with Gasteiger partial charge in [-0.2, -0.15) is 0 Å². The summed E-state index contributed by atoms with van der Waals surface area (Å²) in [4.78, 5) is 38.9. The number of nitrogens with one attached hydrogen (secondary N) is 1. The molecule has 1 N–H and O–H groups in total. The maximum absolute atomic E-state index is 13.2. The summed E-state index contributed by atoms with van der Waals surface area (Å²) in [6.07, 6.45) is 2.84. The Morgan fingerprint density at radius 1 is 1.13 bits per heavy atom. The molecule has 0 aliphatic carbocycles. The highest BCUT2D eigenvalue weighted by molar-refractivity contribution is 6.07. The van der Waals surface area contributed by atoms with Gasteiger partial charge < -0.3 is 10.2 Å². The number of nitrogens with zero attached hydrogens (tertiary/aromatic N) is 1. The second-order valence-electron chi connectivity index (χ2n) is 7.91. The van der Waals surface area contributed by atoms with E-state index in [0.717, 1.165) is 12.8 Å². The molecule has 0 bridgehead atoms. The molecule has 1 fully saturated rings. The number of carbonyl (C=O) groups excluding carboxylic acids is 3. The lowest BCUT2D eigenvalue weighted by molar-refractivity contribution is -0.116. The summed E-state index contributed by atoms with van der Waals surface area (Å²) in [5, 5.41) is 2.83. The van der Waals surface area contributed by atoms with Crippen molar-refractivity contribution in [2.45, 2.75) is 39.5 Å². The molecule has 158 valence electrons. The van der Waals surface area contributed by atoms with Crippen LogP contribution in [0.4, 0.5) is 10.1 Å². The van der Waals surface area contributed by atoms with Crippen LogP contribution in [0.1, 0.15) is 58.9 Å². The summed E-state index contributed by atoms with van der Waals surface area (Å²) in [5.74, 6) is -0.469. The molecule has 2 amide bonds. The highest BCUT2D eigenvalue weighted by Crippen LogP contribution is 2.24. The van der Waals surface area contributed by atoms with Gasteiger partial charge in [0.1, 0.15) is 5.82 Å². The van der Waals surface area contributed by atoms with Crippen LogP contribution >= 0.6 is 0 Å². The van der Waals surface area contributed by atoms with Crippen LogP contribution in [-0.4, -0.2) is 35.6 Å². The number of likely N-dealkylation sites (tertiary alicyclic amines) is 1. The number of piperidine rings is 1. The molecule has 2 aromatic rings. The van der Waals surface area contributed by atoms with Gasteiger partial charge in [0, 0.05) is 30.8 Å². The average Bonchev–Trinajstić information content (AvgIpc) is 2.74. The van der Waals surface area contributed by atoms with Crippen molar-refractivity contribution in [1.82, 2.24) is 4.90 Å². The highest BCUT2D eigenvalue weighted by atomic mass is 19.1. The Balaban J connectivity index is 1.57. The van der Waals surface area contributed by atoms with E-state index in [1.807, 2.05) is 0 Å². The number of rotatable bonds is 6. The molecule has 1 saturated heterocycles. The molecule has 3 rings (SSSR count). The zero-order chi connectivity index (χ0) is 21.7. The van der Waals surface area contributed by atoms with Gasteiger partial charge >= 0.3 is 0 Å². The summed E-state index contributed by atoms with van der Waals surface area (Å²) < 4.78 is 13.2. The SMILES string of the molecule is CC(=O)c1ccccc1C(=O)N1CCC[C@@H](CCC(=O)Nc2ccc(F)cc2C)C1. The summed E-state index contributed by atoms with van der Waals surface area (Å²) in [5.41, 5.74) is 2.18. The second-order valence-corrected chi connectivity index (χ2v) is 7.91. The third kappa shape index (κ3) is 5.32. The number of benzene rings is 2. The van der Waals surface area contributed by atoms with Crippen LogP contribution in [-0.2, 0) is 4.79 Å². The van der Waals surface area contributed by atoms with Crippen molar-refractivity contribution >= 4 is 23.3 Å². The molecule has 0 unspecified atom stereocenters. The molecule has 0 radical (unpaired) electrons. The van der Waals surface area contributed by atoms with E-state index in [1.165, 1.54) is 19.1 Å². The van der Waals surface area contributed by atoms with Crippen LogP contribution < -0.4 is 5.32 Å². The zero-order valence-corrected chi connectivity index (χ0v) is 17.4. The Kier molecular flexibility index (Phi) is 6.98. The van der Waals surface area contributed by atoms with Gasteiger partial charge in [-0.15, -0.1) is 0 Å². The monoisotopic (exact) mass is 410 g/mol. The minimum absolute atomic E-state index is 0.116. The molecule has 30 heavy (non-hydrogen) atoms. The zero-order valence-electron chi connectivity index (χ0n) is 17.4. The Labute approximate surface area is 176 Å². The lowest BCUT2D eigenvalue weighted by Gasteiger charge is -2.33. The van der Waals surface area contributed by atoms with Crippen LogP contribution in [0.15, 0.2) is 42.5 Å². The van der Waals surface area contributed by atoms with Gasteiger partial charge in [-0.1, -0.05) is 18.2 Å². The molecule has 5 nitrogen and oxygen atoms in total. The van der Waals surface area contributed by atoms with Crippen molar-refractivity contribution in [3.63, 3.8) is 0 Å². The maximum atomic E-state index is 13.2. The van der Waals surface area contributed by atoms with Gasteiger partial charge in [-0.05, 0) is 68.9 Å². The predicted molar refractivity (Wildman–Crippen MR) is 114 cm³/mol. The van der Waals surface area contributed by atoms with E-state index < -0.39 is 0 Å². The van der Waals surface area contributed by atoms with Crippen molar-refractivity contribution < 1.29 is 18.8 Å². The predicted octanol–water partition coefficient (Wildman–Crippen LogP) is 4.61. The van der Waals surface area contributed by atoms with Crippen LogP contribution in [0.3, 0.4) is 0 Å². The van der Waals surface area contributed by atoms with E-state index in [2.05, 4.69) is 5.32 Å². The van der Waals surface area contributed by atoms with Gasteiger partial charge in [0.2, 0.25) is 5.91 Å². The van der Waals surface area contributed by atoms with E-state index in [1.54, 1.807) is 42.2 Å². The number of carbonyl (C=O) groups is 3. The number of ketones is 1. The van der Waals surface area contributed by atoms with Crippen LogP contribution in [0.25, 0.3) is 0 Å². The summed E-state index contributed by atoms with van der Waals surface area (Å²) >= 11 is 0. The van der Waals surface area contributed by atoms with Crippen molar-refractivity contribution in [3.8, 4) is 0 Å². The topological polar surface area (TPSA) is 66.5 Å². The Morgan fingerprint density at radius 3 is 2.57 bits per heavy atom. The van der Waals surface area contributed by atoms with Crippen molar-refractivity contribution in [1.29, 1.82) is 0 Å². The number of Topliss-reactive ketones (excluding diaryl/α,β-unsaturated/α-hetero) is 1. The average molecular weight is 410 g/mol. The molecular formula is C24H27FN2O3. The molecule has 0 saturated carbocycles. The molecule has 0 aromatic heterocycles. The minimum Gasteiger partial charge on any atom is -0.338 e. The van der Waals surface area contributed by atoms with Gasteiger partial charge in [-0.3, -0.25) is 14.4 Å². The van der Waals surface area contributed by atoms with Crippen LogP contribution in [0, 0.1) is 18.7 Å². The molecule has 1 aliphatic rings. The summed E-state index contributed by atoms with van der Waals surface area (Å²) in [6, 6.07) is 11.2. The molecule has 1 atom stereocenters. The fourth-order valence-corrected chi connectivity index (χ4v) is 3.95. The lowest BCUT2D eigenvalue weighted by Crippen LogP contribution is -2.40. The van der Waals surface area contributed by atoms with Gasteiger partial charge in [-0.25, -0.2) is 4.39 Å². The first-order chi connectivity index (χ1) is 14.3. The molecule has 1 heterocycles. The van der Waals surface area contributed by atoms with Gasteiger partial charge in [0.25, 0.3) is 5.91 Å². The molecule has 6 heteroatoms. The summed E-state index contributed by atoms with van der Waals surface area (Å²) in [6.45, 7) is 4.45. The third-order valence-corrected chi connectivity index (χ3v) is 5.59. The Morgan fingerprint density at radius 2 is 1.87 bits per heavy atom. The van der Waals surface area contributed by atoms with E-state index in [-0.39, 0.29) is 29.3 Å². The van der Waals surface area contributed by atoms with Crippen LogP contribution in [0.5, 0.6) is 0 Å². The lowest BCUT2D eigenvalue weighted by atomic mass is 9.92. The van der Waals surface area contributed by atoms with Crippen molar-refractivity contribution in [2.24, 2.45) is 5.92 Å². The highest BCUT2D eigenvalue weighted by Gasteiger charge is 2.26. The number of hydrogen-bond donors (Lipinski definition) is 1. The van der Waals surface area contributed by atoms with E-state index in [9.17, 15) is 18.8 Å². The van der Waals surface area contributed by atoms with Crippen molar-refractivity contribution in [2.75, 3.05) is 18.4 Å². The standard InChI is InChI=1S/C24H27FN2O3/c1-16-14-19(25)10-11-22(16)26-23(29)12-9-18-6-5-13-27(15-18)24(30)21-8-4-3-7-20(21)17(2)28/h3-4,7-8,10-11,14,18H,5-6,9,12-13,15H2,1-2H3,(H,26,29)/t18-/m0/s1. The fraction of sp³-hybridized carbons (Fsp3) is 0.375. The molecular weight excluding hydrogens is 383 g/mol. The van der Waals surface area contributed by atoms with Gasteiger partial charge in [0.15, 0.2) is 5.78 Å². The smallest absolute Gasteiger partial charge is 0.254 e. The molecule has 0 spiro atoms. The maximum Gasteiger partial charge on any atom is 0.254 e. The quantitative estimate of drug-likeness (QED) is 0.708. The van der Waals surface area contributed by atoms with Crippen molar-refractivity contribution in [3.05, 3.63) is 65.0 Å². The van der Waals surface area contributed by atoms with E-state index in [0.29, 0.717) is 48.3 Å². The first-order valence-electron chi connectivity index (χ1n) is 10.3. The third-order valence-electron chi connectivity index (χ3n) is 5.59. The second kappa shape index (κ2) is 9.65. The number of halogens is 1. The first-order valence-corrected chi connectivity index (χ1v) is 10.3. The Hall–Kier alpha value is -3.02.